The molecule has 0 aliphatic rings. The largest absolute Gasteiger partial charge is 0.445 e. The molecule has 0 bridgehead atoms. The minimum Gasteiger partial charge on any atom is -0.445 e. The van der Waals surface area contributed by atoms with Crippen molar-refractivity contribution in [2.45, 2.75) is 26.7 Å². The van der Waals surface area contributed by atoms with Crippen molar-refractivity contribution in [3.8, 4) is 0 Å². The van der Waals surface area contributed by atoms with Crippen molar-refractivity contribution in [1.29, 1.82) is 0 Å². The summed E-state index contributed by atoms with van der Waals surface area (Å²) in [4.78, 5) is 19.2. The summed E-state index contributed by atoms with van der Waals surface area (Å²) >= 11 is 2.13. The summed E-state index contributed by atoms with van der Waals surface area (Å²) in [6.07, 6.45) is -0.466. The van der Waals surface area contributed by atoms with Crippen molar-refractivity contribution in [3.63, 3.8) is 0 Å². The van der Waals surface area contributed by atoms with E-state index in [0.717, 1.165) is 26.1 Å². The zero-order valence-corrected chi connectivity index (χ0v) is 17.0. The summed E-state index contributed by atoms with van der Waals surface area (Å²) < 4.78 is 6.01. The Bertz CT molecular complexity index is 882. The molecule has 1 heterocycles. The smallest absolute Gasteiger partial charge is 0.407 e. The third-order valence-corrected chi connectivity index (χ3v) is 4.84. The Morgan fingerprint density at radius 3 is 2.26 bits per heavy atom. The van der Waals surface area contributed by atoms with Gasteiger partial charge in [-0.1, -0.05) is 60.7 Å². The molecule has 0 spiro atoms. The van der Waals surface area contributed by atoms with Crippen molar-refractivity contribution in [3.05, 3.63) is 86.7 Å². The molecule has 7 heteroatoms. The SMILES string of the molecule is Cc1c(CNC(=O)OCc2ccccc2)c(I)nn1OCc1ccccc1. The van der Waals surface area contributed by atoms with E-state index in [1.165, 1.54) is 4.85 Å². The number of aromatic nitrogens is 2. The number of hydrogen-bond donors (Lipinski definition) is 1. The number of nitrogens with zero attached hydrogens (tertiary/aromatic N) is 2. The average Bonchev–Trinajstić information content (AvgIpc) is 2.97. The quantitative estimate of drug-likeness (QED) is 0.526. The number of ether oxygens (including phenoxy) is 1. The summed E-state index contributed by atoms with van der Waals surface area (Å²) in [5.74, 6) is 0. The third-order valence-electron chi connectivity index (χ3n) is 3.97. The van der Waals surface area contributed by atoms with E-state index in [1.807, 2.05) is 67.6 Å². The molecule has 6 nitrogen and oxygen atoms in total. The van der Waals surface area contributed by atoms with Gasteiger partial charge >= 0.3 is 6.09 Å². The van der Waals surface area contributed by atoms with E-state index in [9.17, 15) is 4.79 Å². The van der Waals surface area contributed by atoms with Crippen LogP contribution in [-0.2, 0) is 24.5 Å². The van der Waals surface area contributed by atoms with Crippen LogP contribution in [0.4, 0.5) is 4.79 Å². The fraction of sp³-hybridized carbons (Fsp3) is 0.200. The van der Waals surface area contributed by atoms with Gasteiger partial charge in [0, 0.05) is 5.56 Å². The molecular weight excluding hydrogens is 457 g/mol. The summed E-state index contributed by atoms with van der Waals surface area (Å²) in [6.45, 7) is 2.90. The molecule has 1 N–H and O–H groups in total. The fourth-order valence-electron chi connectivity index (χ4n) is 2.45. The molecule has 0 aliphatic heterocycles. The molecule has 0 aliphatic carbocycles. The monoisotopic (exact) mass is 477 g/mol. The Kier molecular flexibility index (Phi) is 6.69. The predicted molar refractivity (Wildman–Crippen MR) is 110 cm³/mol. The van der Waals surface area contributed by atoms with E-state index in [-0.39, 0.29) is 6.61 Å². The lowest BCUT2D eigenvalue weighted by Crippen LogP contribution is -2.24. The molecule has 0 atom stereocenters. The number of carbonyl (C=O) groups is 1. The molecule has 1 amide bonds. The standard InChI is InChI=1S/C20H20IN3O3/c1-15-18(12-22-20(25)26-13-16-8-4-2-5-9-16)19(21)23-24(15)27-14-17-10-6-3-7-11-17/h2-11H,12-14H2,1H3,(H,22,25). The first-order valence-electron chi connectivity index (χ1n) is 8.49. The number of rotatable bonds is 7. The highest BCUT2D eigenvalue weighted by Crippen LogP contribution is 2.15. The molecule has 0 saturated heterocycles. The maximum Gasteiger partial charge on any atom is 0.407 e. The fourth-order valence-corrected chi connectivity index (χ4v) is 3.23. The van der Waals surface area contributed by atoms with E-state index in [1.54, 1.807) is 0 Å². The van der Waals surface area contributed by atoms with Gasteiger partial charge in [0.25, 0.3) is 0 Å². The van der Waals surface area contributed by atoms with Crippen LogP contribution in [-0.4, -0.2) is 16.0 Å². The van der Waals surface area contributed by atoms with Crippen LogP contribution in [0.5, 0.6) is 0 Å². The third kappa shape index (κ3) is 5.46. The second-order valence-corrected chi connectivity index (χ2v) is 6.92. The molecule has 0 saturated carbocycles. The van der Waals surface area contributed by atoms with E-state index in [0.29, 0.717) is 13.2 Å². The van der Waals surface area contributed by atoms with Crippen LogP contribution in [0.15, 0.2) is 60.7 Å². The Balaban J connectivity index is 1.52. The Hall–Kier alpha value is -2.55. The molecular formula is C20H20IN3O3. The first-order valence-corrected chi connectivity index (χ1v) is 9.57. The van der Waals surface area contributed by atoms with Crippen molar-refractivity contribution in [2.75, 3.05) is 0 Å². The lowest BCUT2D eigenvalue weighted by molar-refractivity contribution is 0.0648. The van der Waals surface area contributed by atoms with Gasteiger partial charge in [-0.15, -0.1) is 9.94 Å². The maximum absolute atomic E-state index is 11.9. The average molecular weight is 477 g/mol. The number of amides is 1. The normalized spacial score (nSPS) is 10.4. The Labute approximate surface area is 171 Å². The van der Waals surface area contributed by atoms with Gasteiger partial charge in [-0.3, -0.25) is 0 Å². The minimum absolute atomic E-state index is 0.238. The molecule has 0 fully saturated rings. The van der Waals surface area contributed by atoms with Crippen molar-refractivity contribution < 1.29 is 14.4 Å². The summed E-state index contributed by atoms with van der Waals surface area (Å²) in [5.41, 5.74) is 3.76. The van der Waals surface area contributed by atoms with Crippen molar-refractivity contribution in [1.82, 2.24) is 15.3 Å². The van der Waals surface area contributed by atoms with Crippen LogP contribution in [0, 0.1) is 10.6 Å². The van der Waals surface area contributed by atoms with Gasteiger partial charge in [-0.2, -0.15) is 0 Å². The summed E-state index contributed by atoms with van der Waals surface area (Å²) in [5, 5.41) is 7.15. The predicted octanol–water partition coefficient (Wildman–Crippen LogP) is 3.85. The number of hydrogen-bond acceptors (Lipinski definition) is 4. The zero-order chi connectivity index (χ0) is 19.1. The second-order valence-electron chi connectivity index (χ2n) is 5.90. The molecule has 0 radical (unpaired) electrons. The highest BCUT2D eigenvalue weighted by Gasteiger charge is 2.15. The maximum atomic E-state index is 11.9. The van der Waals surface area contributed by atoms with Gasteiger partial charge in [0.2, 0.25) is 0 Å². The molecule has 140 valence electrons. The van der Waals surface area contributed by atoms with Crippen LogP contribution >= 0.6 is 22.6 Å². The number of halogens is 1. The van der Waals surface area contributed by atoms with Gasteiger partial charge in [0.1, 0.15) is 16.9 Å². The lowest BCUT2D eigenvalue weighted by atomic mass is 10.2. The lowest BCUT2D eigenvalue weighted by Gasteiger charge is -2.09. The minimum atomic E-state index is -0.466. The van der Waals surface area contributed by atoms with Crippen molar-refractivity contribution in [2.24, 2.45) is 0 Å². The number of benzene rings is 2. The van der Waals surface area contributed by atoms with Gasteiger partial charge in [-0.25, -0.2) is 4.79 Å². The molecule has 3 aromatic rings. The van der Waals surface area contributed by atoms with Gasteiger partial charge in [-0.05, 0) is 40.6 Å². The van der Waals surface area contributed by atoms with Gasteiger partial charge in [0.05, 0.1) is 12.2 Å². The summed E-state index contributed by atoms with van der Waals surface area (Å²) in [6, 6.07) is 19.5. The number of carbonyl (C=O) groups excluding carboxylic acids is 1. The highest BCUT2D eigenvalue weighted by atomic mass is 127. The van der Waals surface area contributed by atoms with E-state index >= 15 is 0 Å². The molecule has 1 aromatic heterocycles. The van der Waals surface area contributed by atoms with Crippen LogP contribution < -0.4 is 10.2 Å². The number of nitrogens with one attached hydrogen (secondary N) is 1. The van der Waals surface area contributed by atoms with E-state index < -0.39 is 6.09 Å². The van der Waals surface area contributed by atoms with Crippen molar-refractivity contribution >= 4 is 28.7 Å². The van der Waals surface area contributed by atoms with Crippen LogP contribution in [0.2, 0.25) is 0 Å². The highest BCUT2D eigenvalue weighted by molar-refractivity contribution is 14.1. The second kappa shape index (κ2) is 9.40. The topological polar surface area (TPSA) is 65.4 Å². The first-order chi connectivity index (χ1) is 13.1. The van der Waals surface area contributed by atoms with Gasteiger partial charge < -0.3 is 14.9 Å². The van der Waals surface area contributed by atoms with E-state index in [2.05, 4.69) is 33.0 Å². The van der Waals surface area contributed by atoms with Gasteiger partial charge in [0.15, 0.2) is 0 Å². The molecule has 27 heavy (non-hydrogen) atoms. The summed E-state index contributed by atoms with van der Waals surface area (Å²) in [7, 11) is 0. The van der Waals surface area contributed by atoms with E-state index in [4.69, 9.17) is 9.57 Å². The Morgan fingerprint density at radius 1 is 1.04 bits per heavy atom. The number of alkyl carbamates (subject to hydrolysis) is 1. The first kappa shape index (κ1) is 19.2. The zero-order valence-electron chi connectivity index (χ0n) is 14.9. The molecule has 0 unspecified atom stereocenters. The molecule has 3 rings (SSSR count). The molecule has 2 aromatic carbocycles. The van der Waals surface area contributed by atoms with Crippen LogP contribution in [0.3, 0.4) is 0 Å². The Morgan fingerprint density at radius 2 is 1.63 bits per heavy atom. The van der Waals surface area contributed by atoms with Crippen LogP contribution in [0.25, 0.3) is 0 Å². The van der Waals surface area contributed by atoms with Crippen LogP contribution in [0.1, 0.15) is 22.4 Å².